The molecule has 8 heteroatoms. The van der Waals surface area contributed by atoms with Gasteiger partial charge in [-0.1, -0.05) is 0 Å². The minimum Gasteiger partial charge on any atom is -0.355 e. The second-order valence-corrected chi connectivity index (χ2v) is 9.16. The molecule has 2 unspecified atom stereocenters. The maximum atomic E-state index is 13.6. The lowest BCUT2D eigenvalue weighted by molar-refractivity contribution is 0.386. The number of imidazole rings is 1. The van der Waals surface area contributed by atoms with E-state index in [0.717, 1.165) is 65.9 Å². The highest BCUT2D eigenvalue weighted by molar-refractivity contribution is 5.81. The van der Waals surface area contributed by atoms with Gasteiger partial charge in [-0.15, -0.1) is 5.10 Å². The molecule has 0 radical (unpaired) electrons. The van der Waals surface area contributed by atoms with Gasteiger partial charge in [0.25, 0.3) is 0 Å². The van der Waals surface area contributed by atoms with Crippen LogP contribution in [0.4, 0.5) is 10.2 Å². The van der Waals surface area contributed by atoms with Crippen molar-refractivity contribution in [2.45, 2.75) is 6.54 Å². The van der Waals surface area contributed by atoms with Crippen LogP contribution in [0.15, 0.2) is 54.7 Å². The highest BCUT2D eigenvalue weighted by Crippen LogP contribution is 2.35. The summed E-state index contributed by atoms with van der Waals surface area (Å²) in [6, 6.07) is 14.4. The van der Waals surface area contributed by atoms with Gasteiger partial charge in [0.05, 0.1) is 11.4 Å². The zero-order valence-electron chi connectivity index (χ0n) is 18.5. The van der Waals surface area contributed by atoms with Crippen molar-refractivity contribution in [3.63, 3.8) is 0 Å². The number of aromatic nitrogens is 4. The van der Waals surface area contributed by atoms with Crippen molar-refractivity contribution in [1.82, 2.24) is 24.5 Å². The summed E-state index contributed by atoms with van der Waals surface area (Å²) in [5, 5.41) is 5.04. The monoisotopic (exact) mass is 443 g/mol. The minimum atomic E-state index is -0.274. The van der Waals surface area contributed by atoms with E-state index in [1.54, 1.807) is 18.3 Å². The summed E-state index contributed by atoms with van der Waals surface area (Å²) in [5.41, 5.74) is 10.8. The predicted octanol–water partition coefficient (Wildman–Crippen LogP) is 3.05. The van der Waals surface area contributed by atoms with E-state index in [0.29, 0.717) is 18.4 Å². The summed E-state index contributed by atoms with van der Waals surface area (Å²) in [6.45, 7) is 4.69. The Labute approximate surface area is 191 Å². The molecule has 3 aromatic heterocycles. The number of benzene rings is 1. The van der Waals surface area contributed by atoms with E-state index in [4.69, 9.17) is 15.8 Å². The lowest BCUT2D eigenvalue weighted by Crippen LogP contribution is -2.27. The molecule has 5 heterocycles. The molecule has 0 amide bonds. The number of hydrogen-bond acceptors (Lipinski definition) is 6. The Morgan fingerprint density at radius 2 is 1.73 bits per heavy atom. The van der Waals surface area contributed by atoms with Gasteiger partial charge in [-0.25, -0.2) is 13.9 Å². The van der Waals surface area contributed by atoms with Crippen molar-refractivity contribution >= 4 is 11.5 Å². The first-order chi connectivity index (χ1) is 16.1. The Kier molecular flexibility index (Phi) is 4.85. The average molecular weight is 444 g/mol. The molecule has 7 nitrogen and oxygen atoms in total. The molecule has 33 heavy (non-hydrogen) atoms. The third-order valence-corrected chi connectivity index (χ3v) is 6.87. The Morgan fingerprint density at radius 1 is 0.970 bits per heavy atom. The quantitative estimate of drug-likeness (QED) is 0.523. The molecule has 2 aliphatic rings. The fourth-order valence-corrected chi connectivity index (χ4v) is 5.31. The van der Waals surface area contributed by atoms with Gasteiger partial charge in [0.1, 0.15) is 17.3 Å². The Hall–Kier alpha value is -3.36. The summed E-state index contributed by atoms with van der Waals surface area (Å²) in [5.74, 6) is 2.06. The number of nitrogens with zero attached hydrogens (tertiary/aromatic N) is 6. The van der Waals surface area contributed by atoms with Crippen LogP contribution in [0.5, 0.6) is 0 Å². The number of rotatable bonds is 4. The Balaban J connectivity index is 1.48. The second kappa shape index (κ2) is 7.90. The fraction of sp³-hybridized carbons (Fsp3) is 0.320. The zero-order valence-corrected chi connectivity index (χ0v) is 18.5. The van der Waals surface area contributed by atoms with Crippen LogP contribution in [-0.2, 0) is 6.54 Å². The van der Waals surface area contributed by atoms with Gasteiger partial charge in [-0.05, 0) is 67.4 Å². The number of halogens is 1. The molecule has 0 bridgehead atoms. The number of nitrogens with two attached hydrogens (primary N) is 1. The van der Waals surface area contributed by atoms with Crippen molar-refractivity contribution in [1.29, 1.82) is 0 Å². The summed E-state index contributed by atoms with van der Waals surface area (Å²) in [7, 11) is 2.20. The van der Waals surface area contributed by atoms with Crippen LogP contribution in [-0.4, -0.2) is 57.7 Å². The lowest BCUT2D eigenvalue weighted by atomic mass is 10.0. The van der Waals surface area contributed by atoms with Crippen molar-refractivity contribution in [2.24, 2.45) is 17.6 Å². The van der Waals surface area contributed by atoms with Gasteiger partial charge in [0.15, 0.2) is 5.65 Å². The van der Waals surface area contributed by atoms with Crippen LogP contribution in [0.1, 0.15) is 5.69 Å². The number of likely N-dealkylation sites (tertiary alicyclic amines) is 1. The van der Waals surface area contributed by atoms with E-state index in [1.807, 2.05) is 22.7 Å². The van der Waals surface area contributed by atoms with E-state index in [-0.39, 0.29) is 5.82 Å². The number of pyridine rings is 1. The summed E-state index contributed by atoms with van der Waals surface area (Å²) in [4.78, 5) is 14.0. The van der Waals surface area contributed by atoms with Crippen LogP contribution in [0.2, 0.25) is 0 Å². The van der Waals surface area contributed by atoms with Gasteiger partial charge >= 0.3 is 0 Å². The van der Waals surface area contributed by atoms with Crippen LogP contribution in [0.3, 0.4) is 0 Å². The average Bonchev–Trinajstić information content (AvgIpc) is 3.50. The van der Waals surface area contributed by atoms with Gasteiger partial charge in [0.2, 0.25) is 0 Å². The molecular formula is C25H26FN7. The van der Waals surface area contributed by atoms with Gasteiger partial charge in [0, 0.05) is 50.0 Å². The largest absolute Gasteiger partial charge is 0.355 e. The highest BCUT2D eigenvalue weighted by atomic mass is 19.1. The molecule has 2 N–H and O–H groups in total. The van der Waals surface area contributed by atoms with Crippen molar-refractivity contribution in [3.8, 4) is 22.5 Å². The maximum absolute atomic E-state index is 13.6. The zero-order chi connectivity index (χ0) is 22.5. The smallest absolute Gasteiger partial charge is 0.155 e. The molecule has 6 rings (SSSR count). The normalized spacial score (nSPS) is 20.6. The van der Waals surface area contributed by atoms with Crippen LogP contribution >= 0.6 is 0 Å². The summed E-state index contributed by atoms with van der Waals surface area (Å²) < 4.78 is 15.5. The van der Waals surface area contributed by atoms with Crippen LogP contribution < -0.4 is 10.6 Å². The van der Waals surface area contributed by atoms with Crippen molar-refractivity contribution < 1.29 is 4.39 Å². The Morgan fingerprint density at radius 3 is 2.45 bits per heavy atom. The molecule has 2 saturated heterocycles. The van der Waals surface area contributed by atoms with Crippen molar-refractivity contribution in [2.75, 3.05) is 38.1 Å². The SMILES string of the molecule is CN1CC2CN(c3ccc4nc(-c5ccc(F)cc5)c(-c5ccnc(CN)c5)n4n3)CC2C1. The second-order valence-electron chi connectivity index (χ2n) is 9.16. The molecule has 168 valence electrons. The number of fused-ring (bicyclic) bond motifs is 2. The lowest BCUT2D eigenvalue weighted by Gasteiger charge is -2.20. The van der Waals surface area contributed by atoms with Gasteiger partial charge in [-0.3, -0.25) is 4.98 Å². The van der Waals surface area contributed by atoms with E-state index >= 15 is 0 Å². The molecule has 4 aromatic rings. The molecule has 0 spiro atoms. The first-order valence-corrected chi connectivity index (χ1v) is 11.3. The topological polar surface area (TPSA) is 75.6 Å². The molecule has 2 atom stereocenters. The first-order valence-electron chi connectivity index (χ1n) is 11.3. The van der Waals surface area contributed by atoms with Gasteiger partial charge < -0.3 is 15.5 Å². The maximum Gasteiger partial charge on any atom is 0.155 e. The molecule has 2 aliphatic heterocycles. The third kappa shape index (κ3) is 3.55. The molecule has 0 saturated carbocycles. The summed E-state index contributed by atoms with van der Waals surface area (Å²) >= 11 is 0. The van der Waals surface area contributed by atoms with Crippen molar-refractivity contribution in [3.05, 3.63) is 66.2 Å². The molecule has 0 aliphatic carbocycles. The van der Waals surface area contributed by atoms with Crippen LogP contribution in [0, 0.1) is 17.7 Å². The third-order valence-electron chi connectivity index (χ3n) is 6.87. The molecule has 2 fully saturated rings. The van der Waals surface area contributed by atoms with Crippen LogP contribution in [0.25, 0.3) is 28.2 Å². The predicted molar refractivity (Wildman–Crippen MR) is 126 cm³/mol. The Bertz CT molecular complexity index is 1300. The van der Waals surface area contributed by atoms with E-state index in [1.165, 1.54) is 12.1 Å². The van der Waals surface area contributed by atoms with E-state index < -0.39 is 0 Å². The first kappa shape index (κ1) is 20.3. The van der Waals surface area contributed by atoms with Gasteiger partial charge in [-0.2, -0.15) is 0 Å². The summed E-state index contributed by atoms with van der Waals surface area (Å²) in [6.07, 6.45) is 1.76. The fourth-order valence-electron chi connectivity index (χ4n) is 5.31. The minimum absolute atomic E-state index is 0.274. The van der Waals surface area contributed by atoms with E-state index in [2.05, 4.69) is 27.9 Å². The highest BCUT2D eigenvalue weighted by Gasteiger charge is 2.39. The van der Waals surface area contributed by atoms with E-state index in [9.17, 15) is 4.39 Å². The number of hydrogen-bond donors (Lipinski definition) is 1. The molecule has 1 aromatic carbocycles. The standard InChI is InChI=1S/C25H26FN7/c1-31-12-18-14-32(15-19(18)13-31)23-7-6-22-29-24(16-2-4-20(26)5-3-16)25(33(22)30-23)17-8-9-28-21(10-17)11-27/h2-10,18-19H,11-15,27H2,1H3. The molecular weight excluding hydrogens is 417 g/mol. The number of anilines is 1.